The van der Waals surface area contributed by atoms with Crippen LogP contribution in [0.2, 0.25) is 0 Å². The molecule has 1 heterocycles. The minimum atomic E-state index is 0.0338. The zero-order valence-corrected chi connectivity index (χ0v) is 14.3. The van der Waals surface area contributed by atoms with E-state index in [9.17, 15) is 4.79 Å². The van der Waals surface area contributed by atoms with E-state index in [1.807, 2.05) is 36.4 Å². The first kappa shape index (κ1) is 16.8. The second-order valence-corrected chi connectivity index (χ2v) is 6.77. The van der Waals surface area contributed by atoms with Crippen LogP contribution in [-0.2, 0) is 4.79 Å². The van der Waals surface area contributed by atoms with E-state index in [0.29, 0.717) is 22.9 Å². The molecular weight excluding hydrogens is 322 g/mol. The molecule has 0 unspecified atom stereocenters. The van der Waals surface area contributed by atoms with Gasteiger partial charge in [-0.2, -0.15) is 0 Å². The van der Waals surface area contributed by atoms with Gasteiger partial charge in [0.05, 0.1) is 5.75 Å². The number of aromatic nitrogens is 2. The highest BCUT2D eigenvalue weighted by atomic mass is 32.2. The topological polar surface area (TPSA) is 68.0 Å². The molecule has 3 rings (SSSR count). The van der Waals surface area contributed by atoms with Crippen molar-refractivity contribution in [2.45, 2.75) is 43.4 Å². The maximum absolute atomic E-state index is 12.0. The average Bonchev–Trinajstić information content (AvgIpc) is 3.08. The molecule has 0 aliphatic heterocycles. The molecule has 1 fully saturated rings. The molecule has 1 N–H and O–H groups in total. The Morgan fingerprint density at radius 3 is 2.75 bits per heavy atom. The number of hydrogen-bond acceptors (Lipinski definition) is 5. The molecule has 1 saturated carbocycles. The van der Waals surface area contributed by atoms with Crippen LogP contribution < -0.4 is 5.32 Å². The first-order chi connectivity index (χ1) is 11.8. The van der Waals surface area contributed by atoms with Gasteiger partial charge in [0, 0.05) is 12.1 Å². The zero-order chi connectivity index (χ0) is 16.6. The van der Waals surface area contributed by atoms with E-state index in [1.165, 1.54) is 31.0 Å². The molecule has 0 radical (unpaired) electrons. The van der Waals surface area contributed by atoms with Gasteiger partial charge >= 0.3 is 0 Å². The summed E-state index contributed by atoms with van der Waals surface area (Å²) in [7, 11) is 0. The summed E-state index contributed by atoms with van der Waals surface area (Å²) >= 11 is 1.27. The van der Waals surface area contributed by atoms with Gasteiger partial charge in [0.25, 0.3) is 5.22 Å². The molecule has 126 valence electrons. The van der Waals surface area contributed by atoms with E-state index < -0.39 is 0 Å². The molecule has 24 heavy (non-hydrogen) atoms. The van der Waals surface area contributed by atoms with Crippen LogP contribution in [0, 0.1) is 0 Å². The van der Waals surface area contributed by atoms with Gasteiger partial charge < -0.3 is 9.73 Å². The van der Waals surface area contributed by atoms with Crippen molar-refractivity contribution in [3.8, 4) is 0 Å². The molecule has 2 aromatic rings. The van der Waals surface area contributed by atoms with Gasteiger partial charge in [-0.25, -0.2) is 0 Å². The average molecular weight is 343 g/mol. The van der Waals surface area contributed by atoms with Crippen molar-refractivity contribution in [1.29, 1.82) is 0 Å². The lowest BCUT2D eigenvalue weighted by molar-refractivity contribution is -0.119. The van der Waals surface area contributed by atoms with Crippen LogP contribution in [-0.4, -0.2) is 27.9 Å². The zero-order valence-electron chi connectivity index (χ0n) is 13.5. The summed E-state index contributed by atoms with van der Waals surface area (Å²) in [5, 5.41) is 11.4. The Bertz CT molecular complexity index is 679. The number of amides is 1. The van der Waals surface area contributed by atoms with Gasteiger partial charge in [-0.1, -0.05) is 61.4 Å². The van der Waals surface area contributed by atoms with Crippen LogP contribution in [0.15, 0.2) is 40.0 Å². The number of thioether (sulfide) groups is 1. The van der Waals surface area contributed by atoms with Crippen LogP contribution in [0.1, 0.15) is 43.6 Å². The van der Waals surface area contributed by atoms with E-state index in [0.717, 1.165) is 18.4 Å². The van der Waals surface area contributed by atoms with E-state index in [2.05, 4.69) is 15.5 Å². The molecule has 1 aromatic heterocycles. The third kappa shape index (κ3) is 5.23. The predicted octanol–water partition coefficient (Wildman–Crippen LogP) is 3.78. The summed E-state index contributed by atoms with van der Waals surface area (Å²) in [5.74, 6) is 0.779. The molecule has 0 atom stereocenters. The SMILES string of the molecule is O=C(CSc1nnc(/C=C/c2ccccc2)o1)NC1CCCCC1. The van der Waals surface area contributed by atoms with Crippen molar-refractivity contribution in [2.75, 3.05) is 5.75 Å². The number of rotatable bonds is 6. The quantitative estimate of drug-likeness (QED) is 0.809. The number of carbonyl (C=O) groups excluding carboxylic acids is 1. The van der Waals surface area contributed by atoms with E-state index in [4.69, 9.17) is 4.42 Å². The molecule has 6 heteroatoms. The standard InChI is InChI=1S/C18H21N3O2S/c22-16(19-15-9-5-2-6-10-15)13-24-18-21-20-17(23-18)12-11-14-7-3-1-4-8-14/h1,3-4,7-8,11-12,15H,2,5-6,9-10,13H2,(H,19,22)/b12-11+. The van der Waals surface area contributed by atoms with Gasteiger partial charge in [0.2, 0.25) is 11.8 Å². The molecule has 1 aliphatic carbocycles. The maximum atomic E-state index is 12.0. The third-order valence-electron chi connectivity index (χ3n) is 3.94. The summed E-state index contributed by atoms with van der Waals surface area (Å²) in [5.41, 5.74) is 1.07. The molecule has 1 aromatic carbocycles. The molecule has 0 saturated heterocycles. The minimum absolute atomic E-state index is 0.0338. The smallest absolute Gasteiger partial charge is 0.277 e. The van der Waals surface area contributed by atoms with Gasteiger partial charge in [-0.05, 0) is 24.5 Å². The van der Waals surface area contributed by atoms with Crippen molar-refractivity contribution < 1.29 is 9.21 Å². The van der Waals surface area contributed by atoms with Gasteiger partial charge in [0.1, 0.15) is 0 Å². The van der Waals surface area contributed by atoms with Crippen molar-refractivity contribution in [2.24, 2.45) is 0 Å². The van der Waals surface area contributed by atoms with Crippen molar-refractivity contribution in [3.05, 3.63) is 41.8 Å². The Hall–Kier alpha value is -2.08. The lowest BCUT2D eigenvalue weighted by Gasteiger charge is -2.22. The molecule has 1 amide bonds. The Balaban J connectivity index is 1.45. The Labute approximate surface area is 145 Å². The molecular formula is C18H21N3O2S. The molecule has 5 nitrogen and oxygen atoms in total. The van der Waals surface area contributed by atoms with Gasteiger partial charge in [-0.15, -0.1) is 10.2 Å². The van der Waals surface area contributed by atoms with E-state index in [1.54, 1.807) is 6.08 Å². The van der Waals surface area contributed by atoms with Crippen LogP contribution in [0.5, 0.6) is 0 Å². The fourth-order valence-corrected chi connectivity index (χ4v) is 3.30. The number of nitrogens with one attached hydrogen (secondary N) is 1. The largest absolute Gasteiger partial charge is 0.412 e. The van der Waals surface area contributed by atoms with Crippen molar-refractivity contribution in [3.63, 3.8) is 0 Å². The van der Waals surface area contributed by atoms with Gasteiger partial charge in [-0.3, -0.25) is 4.79 Å². The normalized spacial score (nSPS) is 15.7. The summed E-state index contributed by atoms with van der Waals surface area (Å²) in [6, 6.07) is 10.2. The molecule has 1 aliphatic rings. The number of nitrogens with zero attached hydrogens (tertiary/aromatic N) is 2. The predicted molar refractivity (Wildman–Crippen MR) is 95.4 cm³/mol. The number of hydrogen-bond donors (Lipinski definition) is 1. The lowest BCUT2D eigenvalue weighted by Crippen LogP contribution is -2.37. The lowest BCUT2D eigenvalue weighted by atomic mass is 9.95. The van der Waals surface area contributed by atoms with Crippen LogP contribution in [0.4, 0.5) is 0 Å². The fraction of sp³-hybridized carbons (Fsp3) is 0.389. The Morgan fingerprint density at radius 1 is 1.17 bits per heavy atom. The third-order valence-corrected chi connectivity index (χ3v) is 4.76. The summed E-state index contributed by atoms with van der Waals surface area (Å²) in [6.07, 6.45) is 9.56. The van der Waals surface area contributed by atoms with E-state index >= 15 is 0 Å². The minimum Gasteiger partial charge on any atom is -0.412 e. The first-order valence-electron chi connectivity index (χ1n) is 8.28. The van der Waals surface area contributed by atoms with Crippen LogP contribution in [0.25, 0.3) is 12.2 Å². The number of carbonyl (C=O) groups is 1. The summed E-state index contributed by atoms with van der Waals surface area (Å²) in [6.45, 7) is 0. The van der Waals surface area contributed by atoms with Gasteiger partial charge in [0.15, 0.2) is 0 Å². The summed E-state index contributed by atoms with van der Waals surface area (Å²) in [4.78, 5) is 12.0. The Morgan fingerprint density at radius 2 is 1.96 bits per heavy atom. The molecule has 0 spiro atoms. The van der Waals surface area contributed by atoms with E-state index in [-0.39, 0.29) is 5.91 Å². The molecule has 0 bridgehead atoms. The maximum Gasteiger partial charge on any atom is 0.277 e. The second kappa shape index (κ2) is 8.68. The monoisotopic (exact) mass is 343 g/mol. The van der Waals surface area contributed by atoms with Crippen molar-refractivity contribution >= 4 is 29.8 Å². The first-order valence-corrected chi connectivity index (χ1v) is 9.27. The summed E-state index contributed by atoms with van der Waals surface area (Å²) < 4.78 is 5.52. The second-order valence-electron chi connectivity index (χ2n) is 5.84. The van der Waals surface area contributed by atoms with Crippen LogP contribution >= 0.6 is 11.8 Å². The highest BCUT2D eigenvalue weighted by Crippen LogP contribution is 2.19. The highest BCUT2D eigenvalue weighted by Gasteiger charge is 2.16. The fourth-order valence-electron chi connectivity index (χ4n) is 2.72. The Kier molecular flexibility index (Phi) is 6.07. The van der Waals surface area contributed by atoms with Crippen molar-refractivity contribution in [1.82, 2.24) is 15.5 Å². The van der Waals surface area contributed by atoms with Crippen LogP contribution in [0.3, 0.4) is 0 Å². The number of benzene rings is 1. The highest BCUT2D eigenvalue weighted by molar-refractivity contribution is 7.99.